The van der Waals surface area contributed by atoms with Crippen molar-refractivity contribution in [3.63, 3.8) is 0 Å². The standard InChI is InChI=1S/C8H10O4/c1-8(4-7(11)12)3-5(9)2-6(8)10/h2-4H2,1H3,(H,11,12). The summed E-state index contributed by atoms with van der Waals surface area (Å²) in [5, 5.41) is 8.48. The fourth-order valence-electron chi connectivity index (χ4n) is 1.48. The molecule has 0 amide bonds. The minimum absolute atomic E-state index is 0.0815. The number of rotatable bonds is 2. The van der Waals surface area contributed by atoms with Gasteiger partial charge in [0.05, 0.1) is 12.8 Å². The average Bonchev–Trinajstić information content (AvgIpc) is 2.04. The van der Waals surface area contributed by atoms with Gasteiger partial charge < -0.3 is 5.11 Å². The largest absolute Gasteiger partial charge is 0.481 e. The van der Waals surface area contributed by atoms with E-state index in [1.807, 2.05) is 0 Å². The van der Waals surface area contributed by atoms with E-state index in [2.05, 4.69) is 0 Å². The van der Waals surface area contributed by atoms with Crippen molar-refractivity contribution in [3.8, 4) is 0 Å². The molecule has 0 saturated heterocycles. The van der Waals surface area contributed by atoms with E-state index in [1.54, 1.807) is 0 Å². The Morgan fingerprint density at radius 2 is 2.17 bits per heavy atom. The molecule has 1 N–H and O–H groups in total. The molecule has 1 aliphatic carbocycles. The smallest absolute Gasteiger partial charge is 0.304 e. The van der Waals surface area contributed by atoms with Crippen LogP contribution in [0.25, 0.3) is 0 Å². The van der Waals surface area contributed by atoms with Crippen LogP contribution in [0.3, 0.4) is 0 Å². The van der Waals surface area contributed by atoms with Crippen LogP contribution in [-0.4, -0.2) is 22.6 Å². The van der Waals surface area contributed by atoms with Gasteiger partial charge in [-0.2, -0.15) is 0 Å². The highest BCUT2D eigenvalue weighted by molar-refractivity contribution is 6.10. The van der Waals surface area contributed by atoms with Crippen molar-refractivity contribution in [2.45, 2.75) is 26.2 Å². The molecule has 0 spiro atoms. The van der Waals surface area contributed by atoms with Crippen molar-refractivity contribution in [2.75, 3.05) is 0 Å². The van der Waals surface area contributed by atoms with E-state index < -0.39 is 11.4 Å². The highest BCUT2D eigenvalue weighted by Gasteiger charge is 2.43. The quantitative estimate of drug-likeness (QED) is 0.609. The Morgan fingerprint density at radius 1 is 1.58 bits per heavy atom. The lowest BCUT2D eigenvalue weighted by Gasteiger charge is -2.16. The van der Waals surface area contributed by atoms with Gasteiger partial charge in [-0.05, 0) is 0 Å². The predicted molar refractivity (Wildman–Crippen MR) is 39.6 cm³/mol. The van der Waals surface area contributed by atoms with Crippen LogP contribution in [-0.2, 0) is 14.4 Å². The third-order valence-corrected chi connectivity index (χ3v) is 2.16. The van der Waals surface area contributed by atoms with Crippen LogP contribution < -0.4 is 0 Å². The van der Waals surface area contributed by atoms with Crippen LogP contribution >= 0.6 is 0 Å². The molecular formula is C8H10O4. The molecule has 0 aromatic rings. The van der Waals surface area contributed by atoms with Gasteiger partial charge in [-0.3, -0.25) is 14.4 Å². The van der Waals surface area contributed by atoms with Gasteiger partial charge in [0.25, 0.3) is 0 Å². The molecular weight excluding hydrogens is 160 g/mol. The summed E-state index contributed by atoms with van der Waals surface area (Å²) in [6.45, 7) is 1.54. The zero-order chi connectivity index (χ0) is 9.35. The monoisotopic (exact) mass is 170 g/mol. The summed E-state index contributed by atoms with van der Waals surface area (Å²) >= 11 is 0. The zero-order valence-corrected chi connectivity index (χ0v) is 6.79. The van der Waals surface area contributed by atoms with E-state index in [1.165, 1.54) is 6.92 Å². The summed E-state index contributed by atoms with van der Waals surface area (Å²) in [5.74, 6) is -1.42. The predicted octanol–water partition coefficient (Wildman–Crippen LogP) is 0.399. The first-order valence-corrected chi connectivity index (χ1v) is 3.71. The van der Waals surface area contributed by atoms with Crippen molar-refractivity contribution in [3.05, 3.63) is 0 Å². The number of carbonyl (C=O) groups is 3. The van der Waals surface area contributed by atoms with Crippen LogP contribution in [0.1, 0.15) is 26.2 Å². The Labute approximate surface area is 69.6 Å². The maximum absolute atomic E-state index is 11.2. The summed E-state index contributed by atoms with van der Waals surface area (Å²) < 4.78 is 0. The van der Waals surface area contributed by atoms with Gasteiger partial charge in [0.15, 0.2) is 0 Å². The van der Waals surface area contributed by atoms with Crippen LogP contribution in [0, 0.1) is 5.41 Å². The molecule has 0 aromatic heterocycles. The molecule has 1 aliphatic rings. The Kier molecular flexibility index (Phi) is 2.00. The van der Waals surface area contributed by atoms with E-state index in [0.717, 1.165) is 0 Å². The van der Waals surface area contributed by atoms with Crippen LogP contribution in [0.15, 0.2) is 0 Å². The fraction of sp³-hybridized carbons (Fsp3) is 0.625. The Bertz CT molecular complexity index is 256. The van der Waals surface area contributed by atoms with Gasteiger partial charge >= 0.3 is 5.97 Å². The maximum atomic E-state index is 11.2. The molecule has 1 atom stereocenters. The average molecular weight is 170 g/mol. The minimum atomic E-state index is -1.03. The SMILES string of the molecule is CC1(CC(=O)O)CC(=O)CC1=O. The number of hydrogen-bond donors (Lipinski definition) is 1. The molecule has 4 heteroatoms. The summed E-state index contributed by atoms with van der Waals surface area (Å²) in [6.07, 6.45) is -0.251. The number of hydrogen-bond acceptors (Lipinski definition) is 3. The van der Waals surface area contributed by atoms with Gasteiger partial charge in [-0.25, -0.2) is 0 Å². The fourth-order valence-corrected chi connectivity index (χ4v) is 1.48. The normalized spacial score (nSPS) is 29.4. The van der Waals surface area contributed by atoms with E-state index in [0.29, 0.717) is 0 Å². The second-order valence-corrected chi connectivity index (χ2v) is 3.45. The van der Waals surface area contributed by atoms with E-state index >= 15 is 0 Å². The lowest BCUT2D eigenvalue weighted by molar-refractivity contribution is -0.142. The second-order valence-electron chi connectivity index (χ2n) is 3.45. The van der Waals surface area contributed by atoms with Gasteiger partial charge in [-0.1, -0.05) is 6.92 Å². The number of carbonyl (C=O) groups excluding carboxylic acids is 2. The van der Waals surface area contributed by atoms with Gasteiger partial charge in [0.1, 0.15) is 11.6 Å². The summed E-state index contributed by atoms with van der Waals surface area (Å²) in [4.78, 5) is 32.3. The first-order chi connectivity index (χ1) is 5.44. The zero-order valence-electron chi connectivity index (χ0n) is 6.79. The molecule has 0 aliphatic heterocycles. The Balaban J connectivity index is 2.77. The van der Waals surface area contributed by atoms with Crippen LogP contribution in [0.4, 0.5) is 0 Å². The lowest BCUT2D eigenvalue weighted by atomic mass is 9.84. The Morgan fingerprint density at radius 3 is 2.50 bits per heavy atom. The minimum Gasteiger partial charge on any atom is -0.481 e. The second kappa shape index (κ2) is 2.69. The lowest BCUT2D eigenvalue weighted by Crippen LogP contribution is -2.25. The van der Waals surface area contributed by atoms with E-state index in [-0.39, 0.29) is 30.8 Å². The van der Waals surface area contributed by atoms with Gasteiger partial charge in [0, 0.05) is 11.8 Å². The van der Waals surface area contributed by atoms with Crippen LogP contribution in [0.2, 0.25) is 0 Å². The third kappa shape index (κ3) is 1.52. The van der Waals surface area contributed by atoms with E-state index in [4.69, 9.17) is 5.11 Å². The molecule has 1 saturated carbocycles. The maximum Gasteiger partial charge on any atom is 0.304 e. The molecule has 1 unspecified atom stereocenters. The molecule has 0 heterocycles. The van der Waals surface area contributed by atoms with Gasteiger partial charge in [0.2, 0.25) is 0 Å². The summed E-state index contributed by atoms with van der Waals surface area (Å²) in [6, 6.07) is 0. The molecule has 66 valence electrons. The van der Waals surface area contributed by atoms with Crippen molar-refractivity contribution in [2.24, 2.45) is 5.41 Å². The first kappa shape index (κ1) is 8.90. The summed E-state index contributed by atoms with van der Waals surface area (Å²) in [7, 11) is 0. The van der Waals surface area contributed by atoms with Crippen molar-refractivity contribution < 1.29 is 19.5 Å². The molecule has 0 bridgehead atoms. The highest BCUT2D eigenvalue weighted by Crippen LogP contribution is 2.35. The third-order valence-electron chi connectivity index (χ3n) is 2.16. The van der Waals surface area contributed by atoms with E-state index in [9.17, 15) is 14.4 Å². The van der Waals surface area contributed by atoms with Crippen molar-refractivity contribution in [1.29, 1.82) is 0 Å². The molecule has 12 heavy (non-hydrogen) atoms. The highest BCUT2D eigenvalue weighted by atomic mass is 16.4. The molecule has 4 nitrogen and oxygen atoms in total. The molecule has 0 radical (unpaired) electrons. The Hall–Kier alpha value is -1.19. The van der Waals surface area contributed by atoms with Crippen molar-refractivity contribution in [1.82, 2.24) is 0 Å². The van der Waals surface area contributed by atoms with Gasteiger partial charge in [-0.15, -0.1) is 0 Å². The van der Waals surface area contributed by atoms with Crippen molar-refractivity contribution >= 4 is 17.5 Å². The number of ketones is 2. The summed E-state index contributed by atoms with van der Waals surface area (Å²) in [5.41, 5.74) is -0.942. The molecule has 1 fully saturated rings. The number of carboxylic acid groups (broad SMARTS) is 1. The van der Waals surface area contributed by atoms with Crippen LogP contribution in [0.5, 0.6) is 0 Å². The number of carboxylic acids is 1. The topological polar surface area (TPSA) is 71.4 Å². The number of aliphatic carboxylic acids is 1. The molecule has 0 aromatic carbocycles. The number of Topliss-reactive ketones (excluding diaryl/α,β-unsaturated/α-hetero) is 2. The first-order valence-electron chi connectivity index (χ1n) is 3.71. The molecule has 1 rings (SSSR count).